The Morgan fingerprint density at radius 1 is 1.33 bits per heavy atom. The van der Waals surface area contributed by atoms with E-state index in [4.69, 9.17) is 9.72 Å². The standard InChI is InChI=1S/C20H26N6O/c1-4-9-25(3)17-12-18(26-10-11-27-13-14(26)2)23-19-15(17)5-7-21-20(19)16-6-8-22-24-16/h5-8,12,14H,4,9-11,13H2,1-3H3,(H,22,24)/t14-/m1/s1. The number of morpholine rings is 1. The van der Waals surface area contributed by atoms with Crippen LogP contribution < -0.4 is 9.80 Å². The van der Waals surface area contributed by atoms with Crippen molar-refractivity contribution in [2.24, 2.45) is 0 Å². The van der Waals surface area contributed by atoms with Gasteiger partial charge in [-0.15, -0.1) is 0 Å². The van der Waals surface area contributed by atoms with Gasteiger partial charge in [0.15, 0.2) is 0 Å². The summed E-state index contributed by atoms with van der Waals surface area (Å²) in [6, 6.07) is 6.48. The first-order valence-corrected chi connectivity index (χ1v) is 9.54. The number of fused-ring (bicyclic) bond motifs is 1. The number of anilines is 2. The van der Waals surface area contributed by atoms with E-state index < -0.39 is 0 Å². The van der Waals surface area contributed by atoms with Gasteiger partial charge in [0.25, 0.3) is 0 Å². The SMILES string of the molecule is CCCN(C)c1cc(N2CCOC[C@H]2C)nc2c(-c3ccn[nH]3)nccc12. The van der Waals surface area contributed by atoms with Gasteiger partial charge in [0.05, 0.1) is 24.9 Å². The molecule has 1 atom stereocenters. The molecule has 0 bridgehead atoms. The maximum Gasteiger partial charge on any atom is 0.131 e. The summed E-state index contributed by atoms with van der Waals surface area (Å²) in [5.41, 5.74) is 3.79. The molecule has 3 aromatic heterocycles. The number of hydrogen-bond donors (Lipinski definition) is 1. The van der Waals surface area contributed by atoms with Crippen LogP contribution in [0.15, 0.2) is 30.6 Å². The highest BCUT2D eigenvalue weighted by Crippen LogP contribution is 2.34. The number of aromatic nitrogens is 4. The second-order valence-corrected chi connectivity index (χ2v) is 7.06. The number of nitrogens with one attached hydrogen (secondary N) is 1. The molecule has 142 valence electrons. The van der Waals surface area contributed by atoms with Crippen molar-refractivity contribution in [1.29, 1.82) is 0 Å². The molecule has 0 amide bonds. The van der Waals surface area contributed by atoms with Crippen LogP contribution in [-0.4, -0.2) is 59.6 Å². The lowest BCUT2D eigenvalue weighted by molar-refractivity contribution is 0.0986. The molecule has 4 heterocycles. The van der Waals surface area contributed by atoms with Gasteiger partial charge in [-0.25, -0.2) is 4.98 Å². The van der Waals surface area contributed by atoms with E-state index in [1.54, 1.807) is 6.20 Å². The normalized spacial score (nSPS) is 17.4. The third-order valence-corrected chi connectivity index (χ3v) is 5.08. The van der Waals surface area contributed by atoms with Crippen LogP contribution in [0.3, 0.4) is 0 Å². The maximum atomic E-state index is 5.61. The summed E-state index contributed by atoms with van der Waals surface area (Å²) in [6.45, 7) is 7.65. The average molecular weight is 366 g/mol. The number of hydrogen-bond acceptors (Lipinski definition) is 6. The summed E-state index contributed by atoms with van der Waals surface area (Å²) in [6.07, 6.45) is 4.68. The lowest BCUT2D eigenvalue weighted by Crippen LogP contribution is -2.44. The molecule has 0 saturated carbocycles. The molecule has 4 rings (SSSR count). The highest BCUT2D eigenvalue weighted by atomic mass is 16.5. The molecule has 0 spiro atoms. The number of rotatable bonds is 5. The van der Waals surface area contributed by atoms with Crippen LogP contribution >= 0.6 is 0 Å². The van der Waals surface area contributed by atoms with Crippen molar-refractivity contribution in [3.63, 3.8) is 0 Å². The number of H-pyrrole nitrogens is 1. The largest absolute Gasteiger partial charge is 0.377 e. The van der Waals surface area contributed by atoms with Crippen molar-refractivity contribution in [3.8, 4) is 11.4 Å². The molecule has 7 heteroatoms. The van der Waals surface area contributed by atoms with E-state index >= 15 is 0 Å². The Morgan fingerprint density at radius 3 is 2.96 bits per heavy atom. The zero-order valence-electron chi connectivity index (χ0n) is 16.1. The molecule has 1 aliphatic rings. The van der Waals surface area contributed by atoms with Gasteiger partial charge < -0.3 is 14.5 Å². The van der Waals surface area contributed by atoms with Gasteiger partial charge in [-0.05, 0) is 25.5 Å². The van der Waals surface area contributed by atoms with Crippen molar-refractivity contribution in [3.05, 3.63) is 30.6 Å². The number of nitrogens with zero attached hydrogens (tertiary/aromatic N) is 5. The lowest BCUT2D eigenvalue weighted by Gasteiger charge is -2.35. The summed E-state index contributed by atoms with van der Waals surface area (Å²) >= 11 is 0. The van der Waals surface area contributed by atoms with Crippen molar-refractivity contribution in [2.45, 2.75) is 26.3 Å². The number of aromatic amines is 1. The summed E-state index contributed by atoms with van der Waals surface area (Å²) in [4.78, 5) is 14.3. The molecule has 1 saturated heterocycles. The van der Waals surface area contributed by atoms with Crippen LogP contribution in [0.4, 0.5) is 11.5 Å². The fourth-order valence-electron chi connectivity index (χ4n) is 3.69. The first-order valence-electron chi connectivity index (χ1n) is 9.54. The fraction of sp³-hybridized carbons (Fsp3) is 0.450. The number of ether oxygens (including phenoxy) is 1. The Hall–Kier alpha value is -2.67. The first-order chi connectivity index (χ1) is 13.2. The monoisotopic (exact) mass is 366 g/mol. The molecule has 0 aromatic carbocycles. The third kappa shape index (κ3) is 3.35. The van der Waals surface area contributed by atoms with Crippen LogP contribution in [0.5, 0.6) is 0 Å². The van der Waals surface area contributed by atoms with Crippen LogP contribution in [0.25, 0.3) is 22.3 Å². The summed E-state index contributed by atoms with van der Waals surface area (Å²) < 4.78 is 5.61. The van der Waals surface area contributed by atoms with E-state index in [1.807, 2.05) is 12.3 Å². The molecule has 0 unspecified atom stereocenters. The second-order valence-electron chi connectivity index (χ2n) is 7.06. The van der Waals surface area contributed by atoms with Gasteiger partial charge in [0, 0.05) is 49.7 Å². The molecular weight excluding hydrogens is 340 g/mol. The molecule has 0 aliphatic carbocycles. The lowest BCUT2D eigenvalue weighted by atomic mass is 10.1. The van der Waals surface area contributed by atoms with Gasteiger partial charge in [0.2, 0.25) is 0 Å². The molecule has 0 radical (unpaired) electrons. The minimum absolute atomic E-state index is 0.292. The minimum Gasteiger partial charge on any atom is -0.377 e. The van der Waals surface area contributed by atoms with Crippen molar-refractivity contribution >= 4 is 22.4 Å². The zero-order chi connectivity index (χ0) is 18.8. The Kier molecular flexibility index (Phi) is 4.94. The van der Waals surface area contributed by atoms with Gasteiger partial charge in [-0.2, -0.15) is 5.10 Å². The molecule has 1 aliphatic heterocycles. The van der Waals surface area contributed by atoms with Crippen molar-refractivity contribution in [1.82, 2.24) is 20.2 Å². The quantitative estimate of drug-likeness (QED) is 0.748. The molecule has 27 heavy (non-hydrogen) atoms. The number of pyridine rings is 2. The summed E-state index contributed by atoms with van der Waals surface area (Å²) in [5.74, 6) is 0.977. The van der Waals surface area contributed by atoms with E-state index in [9.17, 15) is 0 Å². The van der Waals surface area contributed by atoms with Crippen LogP contribution in [0, 0.1) is 0 Å². The molecule has 1 N–H and O–H groups in total. The van der Waals surface area contributed by atoms with Crippen molar-refractivity contribution < 1.29 is 4.74 Å². The Bertz CT molecular complexity index is 910. The van der Waals surface area contributed by atoms with Gasteiger partial charge in [0.1, 0.15) is 17.0 Å². The zero-order valence-corrected chi connectivity index (χ0v) is 16.1. The smallest absolute Gasteiger partial charge is 0.131 e. The third-order valence-electron chi connectivity index (χ3n) is 5.08. The minimum atomic E-state index is 0.292. The predicted molar refractivity (Wildman–Crippen MR) is 108 cm³/mol. The second kappa shape index (κ2) is 7.52. The summed E-state index contributed by atoms with van der Waals surface area (Å²) in [7, 11) is 2.14. The highest BCUT2D eigenvalue weighted by Gasteiger charge is 2.23. The van der Waals surface area contributed by atoms with Gasteiger partial charge >= 0.3 is 0 Å². The fourth-order valence-corrected chi connectivity index (χ4v) is 3.69. The van der Waals surface area contributed by atoms with Crippen LogP contribution in [-0.2, 0) is 4.74 Å². The first kappa shape index (κ1) is 17.7. The molecule has 1 fully saturated rings. The Morgan fingerprint density at radius 2 is 2.22 bits per heavy atom. The van der Waals surface area contributed by atoms with E-state index in [-0.39, 0.29) is 0 Å². The topological polar surface area (TPSA) is 70.2 Å². The predicted octanol–water partition coefficient (Wildman–Crippen LogP) is 3.09. The molecule has 7 nitrogen and oxygen atoms in total. The van der Waals surface area contributed by atoms with Crippen LogP contribution in [0.2, 0.25) is 0 Å². The maximum absolute atomic E-state index is 5.61. The Labute approximate surface area is 159 Å². The van der Waals surface area contributed by atoms with E-state index in [0.29, 0.717) is 6.04 Å². The Balaban J connectivity index is 1.92. The summed E-state index contributed by atoms with van der Waals surface area (Å²) in [5, 5.41) is 8.22. The molecule has 3 aromatic rings. The van der Waals surface area contributed by atoms with Gasteiger partial charge in [-0.3, -0.25) is 10.1 Å². The van der Waals surface area contributed by atoms with E-state index in [1.165, 1.54) is 5.69 Å². The van der Waals surface area contributed by atoms with E-state index in [0.717, 1.165) is 60.8 Å². The van der Waals surface area contributed by atoms with E-state index in [2.05, 4.69) is 58.0 Å². The van der Waals surface area contributed by atoms with Gasteiger partial charge in [-0.1, -0.05) is 6.92 Å². The molecular formula is C20H26N6O. The highest BCUT2D eigenvalue weighted by molar-refractivity contribution is 6.00. The average Bonchev–Trinajstić information content (AvgIpc) is 3.22. The van der Waals surface area contributed by atoms with Crippen molar-refractivity contribution in [2.75, 3.05) is 43.2 Å². The van der Waals surface area contributed by atoms with Crippen LogP contribution in [0.1, 0.15) is 20.3 Å².